The van der Waals surface area contributed by atoms with E-state index in [1.165, 1.54) is 24.3 Å². The molecule has 2 aromatic carbocycles. The summed E-state index contributed by atoms with van der Waals surface area (Å²) in [5.74, 6) is -4.48. The average Bonchev–Trinajstić information content (AvgIpc) is 3.36. The first-order chi connectivity index (χ1) is 20.0. The third kappa shape index (κ3) is 8.97. The van der Waals surface area contributed by atoms with Crippen LogP contribution in [0.25, 0.3) is 10.9 Å². The van der Waals surface area contributed by atoms with Crippen molar-refractivity contribution >= 4 is 53.1 Å². The van der Waals surface area contributed by atoms with Gasteiger partial charge >= 0.3 is 5.97 Å². The largest absolute Gasteiger partial charge is 0.508 e. The molecular formula is C28H34N6O7S. The predicted molar refractivity (Wildman–Crippen MR) is 157 cm³/mol. The van der Waals surface area contributed by atoms with Gasteiger partial charge in [0.2, 0.25) is 23.6 Å². The Labute approximate surface area is 246 Å². The highest BCUT2D eigenvalue weighted by Crippen LogP contribution is 2.19. The summed E-state index contributed by atoms with van der Waals surface area (Å²) in [6.45, 7) is 0. The van der Waals surface area contributed by atoms with E-state index < -0.39 is 53.8 Å². The number of amides is 4. The van der Waals surface area contributed by atoms with Crippen molar-refractivity contribution in [3.63, 3.8) is 0 Å². The van der Waals surface area contributed by atoms with E-state index >= 15 is 0 Å². The van der Waals surface area contributed by atoms with Gasteiger partial charge in [0.05, 0.1) is 6.04 Å². The number of phenolic OH excluding ortho intramolecular Hbond substituents is 1. The molecule has 0 aliphatic carbocycles. The van der Waals surface area contributed by atoms with Crippen LogP contribution in [0.1, 0.15) is 24.0 Å². The summed E-state index contributed by atoms with van der Waals surface area (Å²) >= 11 is 4.15. The number of nitrogens with two attached hydrogens (primary N) is 2. The molecule has 14 heteroatoms. The molecule has 10 N–H and O–H groups in total. The van der Waals surface area contributed by atoms with E-state index in [9.17, 15) is 34.2 Å². The maximum absolute atomic E-state index is 13.1. The maximum atomic E-state index is 13.1. The number of thiol groups is 1. The molecule has 0 radical (unpaired) electrons. The molecule has 1 aromatic heterocycles. The number of carboxylic acids is 1. The van der Waals surface area contributed by atoms with Crippen LogP contribution >= 0.6 is 12.6 Å². The molecule has 3 rings (SSSR count). The summed E-state index contributed by atoms with van der Waals surface area (Å²) in [5.41, 5.74) is 13.6. The number of hydrogen-bond donors (Lipinski definition) is 9. The maximum Gasteiger partial charge on any atom is 0.326 e. The molecule has 0 aliphatic rings. The number of carbonyl (C=O) groups is 5. The fourth-order valence-corrected chi connectivity index (χ4v) is 4.53. The zero-order chi connectivity index (χ0) is 30.8. The van der Waals surface area contributed by atoms with E-state index in [0.717, 1.165) is 16.5 Å². The molecule has 3 aromatic rings. The van der Waals surface area contributed by atoms with Gasteiger partial charge in [0.25, 0.3) is 0 Å². The molecule has 0 fully saturated rings. The van der Waals surface area contributed by atoms with Crippen molar-refractivity contribution in [2.45, 2.75) is 49.9 Å². The highest BCUT2D eigenvalue weighted by Gasteiger charge is 2.30. The number of fused-ring (bicyclic) bond motifs is 1. The van der Waals surface area contributed by atoms with E-state index in [4.69, 9.17) is 11.5 Å². The monoisotopic (exact) mass is 598 g/mol. The van der Waals surface area contributed by atoms with Gasteiger partial charge in [-0.3, -0.25) is 19.2 Å². The molecule has 1 heterocycles. The number of hydrogen-bond acceptors (Lipinski definition) is 8. The number of carboxylic acid groups (broad SMARTS) is 1. The second-order valence-corrected chi connectivity index (χ2v) is 10.1. The minimum atomic E-state index is -1.38. The minimum absolute atomic E-state index is 0.00588. The molecule has 0 bridgehead atoms. The zero-order valence-corrected chi connectivity index (χ0v) is 23.5. The van der Waals surface area contributed by atoms with E-state index in [1.807, 2.05) is 24.3 Å². The van der Waals surface area contributed by atoms with Gasteiger partial charge in [0.15, 0.2) is 0 Å². The van der Waals surface area contributed by atoms with E-state index in [-0.39, 0.29) is 37.2 Å². The molecule has 4 amide bonds. The number of aromatic amines is 1. The lowest BCUT2D eigenvalue weighted by Gasteiger charge is -2.24. The number of aromatic nitrogens is 1. The number of phenols is 1. The summed E-state index contributed by atoms with van der Waals surface area (Å²) in [5, 5.41) is 27.4. The SMILES string of the molecule is NC(=O)CCC(NC(=O)C(CS)NC(=O)C(N)Cc1c[nH]c2ccccc12)C(=O)NC(Cc1ccc(O)cc1)C(=O)O. The summed E-state index contributed by atoms with van der Waals surface area (Å²) in [7, 11) is 0. The Kier molecular flexibility index (Phi) is 11.3. The van der Waals surface area contributed by atoms with Crippen molar-refractivity contribution in [1.29, 1.82) is 0 Å². The van der Waals surface area contributed by atoms with Crippen LogP contribution in [0.5, 0.6) is 5.75 Å². The summed E-state index contributed by atoms with van der Waals surface area (Å²) in [4.78, 5) is 65.4. The Morgan fingerprint density at radius 1 is 0.857 bits per heavy atom. The van der Waals surface area contributed by atoms with Crippen molar-refractivity contribution in [2.24, 2.45) is 11.5 Å². The van der Waals surface area contributed by atoms with Crippen LogP contribution in [0.4, 0.5) is 0 Å². The van der Waals surface area contributed by atoms with E-state index in [0.29, 0.717) is 5.56 Å². The van der Waals surface area contributed by atoms with Gasteiger partial charge in [0.1, 0.15) is 23.9 Å². The van der Waals surface area contributed by atoms with Crippen molar-refractivity contribution in [2.75, 3.05) is 5.75 Å². The van der Waals surface area contributed by atoms with Crippen LogP contribution in [0.15, 0.2) is 54.7 Å². The second kappa shape index (κ2) is 14.9. The number of benzene rings is 2. The van der Waals surface area contributed by atoms with Crippen LogP contribution in [-0.4, -0.2) is 74.7 Å². The van der Waals surface area contributed by atoms with Crippen molar-refractivity contribution < 1.29 is 34.2 Å². The average molecular weight is 599 g/mol. The predicted octanol–water partition coefficient (Wildman–Crippen LogP) is -0.280. The Balaban J connectivity index is 1.65. The Bertz CT molecular complexity index is 1430. The first kappa shape index (κ1) is 32.0. The van der Waals surface area contributed by atoms with E-state index in [1.54, 1.807) is 6.20 Å². The molecule has 42 heavy (non-hydrogen) atoms. The van der Waals surface area contributed by atoms with Gasteiger partial charge in [-0.25, -0.2) is 4.79 Å². The highest BCUT2D eigenvalue weighted by molar-refractivity contribution is 7.80. The second-order valence-electron chi connectivity index (χ2n) is 9.75. The highest BCUT2D eigenvalue weighted by atomic mass is 32.1. The van der Waals surface area contributed by atoms with Crippen LogP contribution in [0, 0.1) is 0 Å². The molecule has 13 nitrogen and oxygen atoms in total. The lowest BCUT2D eigenvalue weighted by molar-refractivity contribution is -0.142. The number of aromatic hydroxyl groups is 1. The number of aliphatic carboxylic acids is 1. The Morgan fingerprint density at radius 3 is 2.12 bits per heavy atom. The van der Waals surface area contributed by atoms with Crippen molar-refractivity contribution in [3.05, 3.63) is 65.9 Å². The lowest BCUT2D eigenvalue weighted by Crippen LogP contribution is -2.58. The molecule has 4 atom stereocenters. The first-order valence-corrected chi connectivity index (χ1v) is 13.7. The van der Waals surface area contributed by atoms with Crippen LogP contribution in [-0.2, 0) is 36.8 Å². The fourth-order valence-electron chi connectivity index (χ4n) is 4.27. The number of para-hydroxylation sites is 1. The summed E-state index contributed by atoms with van der Waals surface area (Å²) in [6.07, 6.45) is 1.35. The molecule has 0 aliphatic heterocycles. The summed E-state index contributed by atoms with van der Waals surface area (Å²) in [6, 6.07) is 8.39. The Hall–Kier alpha value is -4.56. The molecule has 0 saturated heterocycles. The molecule has 224 valence electrons. The smallest absolute Gasteiger partial charge is 0.326 e. The normalized spacial score (nSPS) is 13.9. The summed E-state index contributed by atoms with van der Waals surface area (Å²) < 4.78 is 0. The topological polar surface area (TPSA) is 230 Å². The number of nitrogens with one attached hydrogen (secondary N) is 4. The van der Waals surface area contributed by atoms with Crippen LogP contribution in [0.3, 0.4) is 0 Å². The number of carbonyl (C=O) groups excluding carboxylic acids is 4. The van der Waals surface area contributed by atoms with Gasteiger partial charge in [-0.15, -0.1) is 0 Å². The molecule has 4 unspecified atom stereocenters. The van der Waals surface area contributed by atoms with Crippen LogP contribution < -0.4 is 27.4 Å². The minimum Gasteiger partial charge on any atom is -0.508 e. The van der Waals surface area contributed by atoms with Gasteiger partial charge < -0.3 is 42.6 Å². The molecular weight excluding hydrogens is 564 g/mol. The fraction of sp³-hybridized carbons (Fsp3) is 0.321. The third-order valence-corrected chi connectivity index (χ3v) is 6.94. The van der Waals surface area contributed by atoms with Gasteiger partial charge in [-0.2, -0.15) is 12.6 Å². The van der Waals surface area contributed by atoms with Crippen molar-refractivity contribution in [1.82, 2.24) is 20.9 Å². The number of rotatable bonds is 15. The lowest BCUT2D eigenvalue weighted by atomic mass is 10.0. The van der Waals surface area contributed by atoms with Crippen molar-refractivity contribution in [3.8, 4) is 5.75 Å². The van der Waals surface area contributed by atoms with Gasteiger partial charge in [-0.05, 0) is 42.2 Å². The van der Waals surface area contributed by atoms with E-state index in [2.05, 4.69) is 33.6 Å². The molecule has 0 spiro atoms. The number of primary amides is 1. The zero-order valence-electron chi connectivity index (χ0n) is 22.6. The van der Waals surface area contributed by atoms with Crippen LogP contribution in [0.2, 0.25) is 0 Å². The first-order valence-electron chi connectivity index (χ1n) is 13.1. The third-order valence-electron chi connectivity index (χ3n) is 6.57. The quantitative estimate of drug-likeness (QED) is 0.105. The molecule has 0 saturated carbocycles. The van der Waals surface area contributed by atoms with Gasteiger partial charge in [-0.1, -0.05) is 30.3 Å². The number of H-pyrrole nitrogens is 1. The van der Waals surface area contributed by atoms with Gasteiger partial charge in [0, 0.05) is 35.7 Å². The standard InChI is InChI=1S/C28H34N6O7S/c29-19(12-16-13-31-20-4-2-1-3-18(16)20)25(37)34-23(14-42)27(39)32-21(9-10-24(30)36)26(38)33-22(28(40)41)11-15-5-7-17(35)8-6-15/h1-8,13,19,21-23,31,35,42H,9-12,14,29H2,(H2,30,36)(H,32,39)(H,33,38)(H,34,37)(H,40,41). The Morgan fingerprint density at radius 2 is 1.48 bits per heavy atom.